The smallest absolute Gasteiger partial charge is 0.338 e. The summed E-state index contributed by atoms with van der Waals surface area (Å²) in [6.07, 6.45) is 0. The van der Waals surface area contributed by atoms with Gasteiger partial charge >= 0.3 is 12.0 Å². The van der Waals surface area contributed by atoms with Crippen molar-refractivity contribution in [1.29, 1.82) is 0 Å². The summed E-state index contributed by atoms with van der Waals surface area (Å²) in [7, 11) is -2.61. The molecular weight excluding hydrogens is 448 g/mol. The largest absolute Gasteiger partial charge is 0.466 e. The second-order valence-corrected chi connectivity index (χ2v) is 8.94. The topological polar surface area (TPSA) is 102 Å². The van der Waals surface area contributed by atoms with Crippen LogP contribution in [0, 0.1) is 0 Å². The molecule has 1 aliphatic heterocycles. The monoisotopic (exact) mass is 464 g/mol. The Morgan fingerprint density at radius 3 is 2.36 bits per heavy atom. The van der Waals surface area contributed by atoms with Crippen molar-refractivity contribution in [2.24, 2.45) is 0 Å². The van der Waals surface area contributed by atoms with Gasteiger partial charge in [-0.2, -0.15) is 0 Å². The third-order valence-electron chi connectivity index (χ3n) is 4.20. The van der Waals surface area contributed by atoms with Gasteiger partial charge in [0.1, 0.15) is 0 Å². The first-order valence-electron chi connectivity index (χ1n) is 8.24. The number of esters is 1. The van der Waals surface area contributed by atoms with E-state index in [9.17, 15) is 18.0 Å². The summed E-state index contributed by atoms with van der Waals surface area (Å²) >= 11 is 3.26. The van der Waals surface area contributed by atoms with Crippen LogP contribution in [0.2, 0.25) is 0 Å². The van der Waals surface area contributed by atoms with Crippen molar-refractivity contribution in [2.75, 3.05) is 12.9 Å². The minimum absolute atomic E-state index is 0.00706. The van der Waals surface area contributed by atoms with Gasteiger partial charge in [-0.3, -0.25) is 0 Å². The predicted octanol–water partition coefficient (Wildman–Crippen LogP) is 2.70. The van der Waals surface area contributed by atoms with Crippen LogP contribution in [0.1, 0.15) is 11.6 Å². The Kier molecular flexibility index (Phi) is 5.85. The Hall–Kier alpha value is -2.65. The Morgan fingerprint density at radius 1 is 1.11 bits per heavy atom. The molecule has 0 aliphatic carbocycles. The number of sulfone groups is 1. The molecule has 1 atom stereocenters. The molecule has 2 amide bonds. The van der Waals surface area contributed by atoms with Gasteiger partial charge in [0.2, 0.25) is 0 Å². The summed E-state index contributed by atoms with van der Waals surface area (Å²) in [6.45, 7) is 0. The quantitative estimate of drug-likeness (QED) is 0.662. The van der Waals surface area contributed by atoms with Crippen molar-refractivity contribution in [2.45, 2.75) is 10.9 Å². The van der Waals surface area contributed by atoms with Gasteiger partial charge in [0.25, 0.3) is 0 Å². The lowest BCUT2D eigenvalue weighted by molar-refractivity contribution is -0.136. The molecule has 0 aromatic heterocycles. The lowest BCUT2D eigenvalue weighted by Gasteiger charge is -2.29. The van der Waals surface area contributed by atoms with Gasteiger partial charge < -0.3 is 15.4 Å². The van der Waals surface area contributed by atoms with Crippen molar-refractivity contribution >= 4 is 37.8 Å². The van der Waals surface area contributed by atoms with Crippen LogP contribution in [0.4, 0.5) is 4.79 Å². The first kappa shape index (κ1) is 20.1. The number of carbonyl (C=O) groups excluding carboxylic acids is 2. The molecule has 7 nitrogen and oxygen atoms in total. The molecule has 0 saturated carbocycles. The Balaban J connectivity index is 2.08. The summed E-state index contributed by atoms with van der Waals surface area (Å²) in [4.78, 5) is 24.7. The lowest BCUT2D eigenvalue weighted by Crippen LogP contribution is -2.47. The number of ether oxygens (including phenoxy) is 1. The number of urea groups is 1. The van der Waals surface area contributed by atoms with E-state index in [1.807, 2.05) is 0 Å². The average molecular weight is 465 g/mol. The molecule has 2 aromatic rings. The molecule has 9 heteroatoms. The first-order valence-corrected chi connectivity index (χ1v) is 10.7. The van der Waals surface area contributed by atoms with Gasteiger partial charge in [0, 0.05) is 10.2 Å². The molecule has 3 rings (SSSR count). The van der Waals surface area contributed by atoms with E-state index in [0.717, 1.165) is 4.47 Å². The average Bonchev–Trinajstić information content (AvgIpc) is 2.67. The zero-order valence-electron chi connectivity index (χ0n) is 14.8. The number of hydrogen-bond donors (Lipinski definition) is 2. The first-order chi connectivity index (χ1) is 13.3. The number of methoxy groups -OCH3 is 1. The Labute approximate surface area is 170 Å². The SMILES string of the molecule is COC(=O)C1=C(CS(=O)(=O)c2ccc(Br)cc2)NC(=O)N[C@@H]1c1ccccc1. The highest BCUT2D eigenvalue weighted by atomic mass is 79.9. The van der Waals surface area contributed by atoms with Crippen LogP contribution < -0.4 is 10.6 Å². The number of hydrogen-bond acceptors (Lipinski definition) is 5. The molecule has 28 heavy (non-hydrogen) atoms. The van der Waals surface area contributed by atoms with Crippen molar-refractivity contribution in [3.05, 3.63) is 75.9 Å². The number of halogens is 1. The van der Waals surface area contributed by atoms with E-state index in [1.54, 1.807) is 42.5 Å². The van der Waals surface area contributed by atoms with Crippen molar-refractivity contribution in [1.82, 2.24) is 10.6 Å². The van der Waals surface area contributed by atoms with Crippen LogP contribution in [0.25, 0.3) is 0 Å². The molecule has 1 heterocycles. The predicted molar refractivity (Wildman–Crippen MR) is 106 cm³/mol. The summed E-state index contributed by atoms with van der Waals surface area (Å²) in [5, 5.41) is 5.11. The van der Waals surface area contributed by atoms with Crippen molar-refractivity contribution in [3.8, 4) is 0 Å². The molecule has 0 fully saturated rings. The number of carbonyl (C=O) groups is 2. The standard InChI is InChI=1S/C19H17BrN2O5S/c1-27-18(23)16-15(11-28(25,26)14-9-7-13(20)8-10-14)21-19(24)22-17(16)12-5-3-2-4-6-12/h2-10,17H,11H2,1H3,(H2,21,22,24)/t17-/m1/s1. The van der Waals surface area contributed by atoms with Crippen LogP contribution in [0.5, 0.6) is 0 Å². The lowest BCUT2D eigenvalue weighted by atomic mass is 9.96. The molecule has 0 unspecified atom stereocenters. The van der Waals surface area contributed by atoms with Crippen LogP contribution in [-0.2, 0) is 19.4 Å². The fraction of sp³-hybridized carbons (Fsp3) is 0.158. The number of benzene rings is 2. The van der Waals surface area contributed by atoms with E-state index in [4.69, 9.17) is 4.74 Å². The van der Waals surface area contributed by atoms with E-state index in [-0.39, 0.29) is 16.2 Å². The second kappa shape index (κ2) is 8.15. The van der Waals surface area contributed by atoms with Gasteiger partial charge in [-0.25, -0.2) is 18.0 Å². The maximum atomic E-state index is 12.8. The summed E-state index contributed by atoms with van der Waals surface area (Å²) in [6, 6.07) is 13.5. The highest BCUT2D eigenvalue weighted by Gasteiger charge is 2.35. The molecular formula is C19H17BrN2O5S. The maximum absolute atomic E-state index is 12.8. The third kappa shape index (κ3) is 4.26. The number of nitrogens with one attached hydrogen (secondary N) is 2. The minimum Gasteiger partial charge on any atom is -0.466 e. The molecule has 0 saturated heterocycles. The Bertz CT molecular complexity index is 1030. The van der Waals surface area contributed by atoms with E-state index in [0.29, 0.717) is 5.56 Å². The highest BCUT2D eigenvalue weighted by molar-refractivity contribution is 9.10. The van der Waals surface area contributed by atoms with Gasteiger partial charge in [0.15, 0.2) is 9.84 Å². The fourth-order valence-corrected chi connectivity index (χ4v) is 4.48. The van der Waals surface area contributed by atoms with Crippen LogP contribution in [-0.4, -0.2) is 33.3 Å². The molecule has 0 radical (unpaired) electrons. The highest BCUT2D eigenvalue weighted by Crippen LogP contribution is 2.29. The summed E-state index contributed by atoms with van der Waals surface area (Å²) < 4.78 is 31.3. The van der Waals surface area contributed by atoms with Gasteiger partial charge in [-0.1, -0.05) is 46.3 Å². The molecule has 1 aliphatic rings. The summed E-state index contributed by atoms with van der Waals surface area (Å²) in [5.74, 6) is -1.27. The zero-order valence-corrected chi connectivity index (χ0v) is 17.2. The second-order valence-electron chi connectivity index (χ2n) is 6.04. The number of rotatable bonds is 5. The maximum Gasteiger partial charge on any atom is 0.338 e. The summed E-state index contributed by atoms with van der Waals surface area (Å²) in [5.41, 5.74) is 0.678. The normalized spacial score (nSPS) is 16.9. The zero-order chi connectivity index (χ0) is 20.3. The van der Waals surface area contributed by atoms with E-state index >= 15 is 0 Å². The molecule has 0 bridgehead atoms. The molecule has 0 spiro atoms. The minimum atomic E-state index is -3.81. The van der Waals surface area contributed by atoms with E-state index in [2.05, 4.69) is 26.6 Å². The third-order valence-corrected chi connectivity index (χ3v) is 6.39. The number of amides is 2. The van der Waals surface area contributed by atoms with Crippen LogP contribution in [0.3, 0.4) is 0 Å². The van der Waals surface area contributed by atoms with Crippen molar-refractivity contribution in [3.63, 3.8) is 0 Å². The van der Waals surface area contributed by atoms with E-state index in [1.165, 1.54) is 19.2 Å². The Morgan fingerprint density at radius 2 is 1.75 bits per heavy atom. The van der Waals surface area contributed by atoms with Gasteiger partial charge in [-0.05, 0) is 29.8 Å². The van der Waals surface area contributed by atoms with Crippen LogP contribution >= 0.6 is 15.9 Å². The molecule has 146 valence electrons. The van der Waals surface area contributed by atoms with Gasteiger partial charge in [0.05, 0.1) is 29.4 Å². The van der Waals surface area contributed by atoms with Crippen molar-refractivity contribution < 1.29 is 22.7 Å². The van der Waals surface area contributed by atoms with E-state index < -0.39 is 33.6 Å². The molecule has 2 aromatic carbocycles. The van der Waals surface area contributed by atoms with Gasteiger partial charge in [-0.15, -0.1) is 0 Å². The molecule has 2 N–H and O–H groups in total. The fourth-order valence-electron chi connectivity index (χ4n) is 2.89. The van der Waals surface area contributed by atoms with Crippen LogP contribution in [0.15, 0.2) is 75.2 Å².